The van der Waals surface area contributed by atoms with E-state index in [-0.39, 0.29) is 11.9 Å². The van der Waals surface area contributed by atoms with Gasteiger partial charge in [0.05, 0.1) is 17.4 Å². The Morgan fingerprint density at radius 3 is 3.35 bits per heavy atom. The minimum atomic E-state index is -0.331. The molecule has 1 aromatic heterocycles. The molecule has 8 nitrogen and oxygen atoms in total. The molecule has 1 saturated heterocycles. The molecule has 1 amide bonds. The highest BCUT2D eigenvalue weighted by Crippen LogP contribution is 2.19. The molecule has 6 N–H and O–H groups in total. The number of nitrogens with zero attached hydrogens (tertiary/aromatic N) is 1. The van der Waals surface area contributed by atoms with Gasteiger partial charge in [-0.05, 0) is 0 Å². The van der Waals surface area contributed by atoms with Gasteiger partial charge in [0.2, 0.25) is 5.91 Å². The van der Waals surface area contributed by atoms with Gasteiger partial charge in [-0.2, -0.15) is 5.53 Å². The van der Waals surface area contributed by atoms with Crippen molar-refractivity contribution >= 4 is 17.7 Å². The zero-order valence-electron chi connectivity index (χ0n) is 11.0. The first kappa shape index (κ1) is 13.8. The van der Waals surface area contributed by atoms with Crippen LogP contribution >= 0.6 is 11.8 Å². The molecule has 0 aromatic carbocycles. The lowest BCUT2D eigenvalue weighted by molar-refractivity contribution is -0.123. The molecule has 1 fully saturated rings. The summed E-state index contributed by atoms with van der Waals surface area (Å²) in [6.07, 6.45) is 2.54. The Hall–Kier alpha value is -1.13. The standard InChI is InChI=1S/C11H19N7OS/c19-11(13-3-4-20-8-5-16-18-17-8)10-9-7(1-2-12-10)14-6-15-9/h6,8,10,12,16-18H,1-5H2,(H,13,19)(H,14,15). The van der Waals surface area contributed by atoms with E-state index in [1.807, 2.05) is 0 Å². The zero-order valence-corrected chi connectivity index (χ0v) is 11.8. The number of hydrazine groups is 2. The average molecular weight is 297 g/mol. The molecule has 1 aromatic rings. The largest absolute Gasteiger partial charge is 0.354 e. The van der Waals surface area contributed by atoms with Crippen LogP contribution in [0.5, 0.6) is 0 Å². The lowest BCUT2D eigenvalue weighted by Crippen LogP contribution is -2.42. The number of aromatic amines is 1. The molecule has 2 aliphatic rings. The van der Waals surface area contributed by atoms with Crippen molar-refractivity contribution in [1.82, 2.24) is 37.0 Å². The number of carbonyl (C=O) groups is 1. The van der Waals surface area contributed by atoms with Crippen LogP contribution in [0.1, 0.15) is 17.4 Å². The molecule has 3 heterocycles. The monoisotopic (exact) mass is 297 g/mol. The van der Waals surface area contributed by atoms with Crippen LogP contribution in [0.3, 0.4) is 0 Å². The van der Waals surface area contributed by atoms with Crippen molar-refractivity contribution in [3.63, 3.8) is 0 Å². The van der Waals surface area contributed by atoms with E-state index < -0.39 is 0 Å². The summed E-state index contributed by atoms with van der Waals surface area (Å²) in [4.78, 5) is 19.5. The minimum Gasteiger partial charge on any atom is -0.354 e. The summed E-state index contributed by atoms with van der Waals surface area (Å²) in [6, 6.07) is -0.331. The summed E-state index contributed by atoms with van der Waals surface area (Å²) in [6.45, 7) is 2.32. The van der Waals surface area contributed by atoms with Gasteiger partial charge in [0.15, 0.2) is 0 Å². The van der Waals surface area contributed by atoms with E-state index in [0.717, 1.165) is 36.7 Å². The summed E-state index contributed by atoms with van der Waals surface area (Å²) in [5, 5.41) is 6.52. The summed E-state index contributed by atoms with van der Waals surface area (Å²) in [5.74, 6) is 0.863. The van der Waals surface area contributed by atoms with Gasteiger partial charge in [-0.1, -0.05) is 0 Å². The second kappa shape index (κ2) is 6.55. The highest BCUT2D eigenvalue weighted by Gasteiger charge is 2.28. The molecule has 0 radical (unpaired) electrons. The fraction of sp³-hybridized carbons (Fsp3) is 0.636. The van der Waals surface area contributed by atoms with Crippen LogP contribution in [0.15, 0.2) is 6.33 Å². The molecule has 2 aliphatic heterocycles. The molecular weight excluding hydrogens is 278 g/mol. The zero-order chi connectivity index (χ0) is 13.8. The van der Waals surface area contributed by atoms with E-state index >= 15 is 0 Å². The Morgan fingerprint density at radius 2 is 2.50 bits per heavy atom. The van der Waals surface area contributed by atoms with Crippen molar-refractivity contribution in [3.8, 4) is 0 Å². The summed E-state index contributed by atoms with van der Waals surface area (Å²) in [7, 11) is 0. The quantitative estimate of drug-likeness (QED) is 0.363. The minimum absolute atomic E-state index is 0.00530. The van der Waals surface area contributed by atoms with Crippen molar-refractivity contribution in [2.24, 2.45) is 0 Å². The number of aromatic nitrogens is 2. The third-order valence-electron chi connectivity index (χ3n) is 3.34. The Labute approximate surface area is 121 Å². The van der Waals surface area contributed by atoms with Gasteiger partial charge >= 0.3 is 0 Å². The molecule has 0 bridgehead atoms. The molecular formula is C11H19N7OS. The number of carbonyl (C=O) groups excluding carboxylic acids is 1. The van der Waals surface area contributed by atoms with Crippen LogP contribution < -0.4 is 27.0 Å². The molecule has 110 valence electrons. The first-order valence-corrected chi connectivity index (χ1v) is 7.77. The number of nitrogens with one attached hydrogen (secondary N) is 6. The number of amides is 1. The predicted molar refractivity (Wildman–Crippen MR) is 76.6 cm³/mol. The third-order valence-corrected chi connectivity index (χ3v) is 4.47. The third kappa shape index (κ3) is 3.13. The number of fused-ring (bicyclic) bond motifs is 1. The van der Waals surface area contributed by atoms with E-state index in [2.05, 4.69) is 37.0 Å². The van der Waals surface area contributed by atoms with Crippen LogP contribution in [0.2, 0.25) is 0 Å². The molecule has 9 heteroatoms. The Morgan fingerprint density at radius 1 is 1.55 bits per heavy atom. The molecule has 3 rings (SSSR count). The lowest BCUT2D eigenvalue weighted by Gasteiger charge is -2.22. The average Bonchev–Trinajstić information content (AvgIpc) is 3.13. The number of hydrogen-bond donors (Lipinski definition) is 6. The summed E-state index contributed by atoms with van der Waals surface area (Å²) >= 11 is 1.77. The highest BCUT2D eigenvalue weighted by atomic mass is 32.2. The van der Waals surface area contributed by atoms with Crippen LogP contribution in [-0.4, -0.2) is 46.6 Å². The van der Waals surface area contributed by atoms with Gasteiger partial charge in [-0.25, -0.2) is 15.8 Å². The summed E-state index contributed by atoms with van der Waals surface area (Å²) < 4.78 is 0. The van der Waals surface area contributed by atoms with Crippen molar-refractivity contribution in [2.45, 2.75) is 17.8 Å². The van der Waals surface area contributed by atoms with E-state index in [1.54, 1.807) is 18.1 Å². The molecule has 20 heavy (non-hydrogen) atoms. The van der Waals surface area contributed by atoms with E-state index in [0.29, 0.717) is 11.9 Å². The SMILES string of the molecule is O=C(NCCSC1CNNN1)C1NCCc2[nH]cnc21. The van der Waals surface area contributed by atoms with Crippen LogP contribution in [0.25, 0.3) is 0 Å². The molecule has 2 atom stereocenters. The summed E-state index contributed by atoms with van der Waals surface area (Å²) in [5.41, 5.74) is 10.8. The molecule has 2 unspecified atom stereocenters. The van der Waals surface area contributed by atoms with E-state index in [4.69, 9.17) is 0 Å². The maximum atomic E-state index is 12.2. The second-order valence-corrected chi connectivity index (χ2v) is 6.01. The van der Waals surface area contributed by atoms with Gasteiger partial charge in [0.25, 0.3) is 0 Å². The Kier molecular flexibility index (Phi) is 4.53. The smallest absolute Gasteiger partial charge is 0.243 e. The maximum Gasteiger partial charge on any atom is 0.243 e. The Bertz CT molecular complexity index is 459. The first-order valence-electron chi connectivity index (χ1n) is 6.73. The van der Waals surface area contributed by atoms with Crippen LogP contribution in [-0.2, 0) is 11.2 Å². The van der Waals surface area contributed by atoms with Gasteiger partial charge in [-0.15, -0.1) is 11.8 Å². The number of rotatable bonds is 5. The first-order chi connectivity index (χ1) is 9.84. The van der Waals surface area contributed by atoms with Gasteiger partial charge < -0.3 is 15.6 Å². The topological polar surface area (TPSA) is 106 Å². The molecule has 0 spiro atoms. The number of thioether (sulfide) groups is 1. The van der Waals surface area contributed by atoms with Crippen molar-refractivity contribution < 1.29 is 4.79 Å². The fourth-order valence-electron chi connectivity index (χ4n) is 2.34. The van der Waals surface area contributed by atoms with Gasteiger partial charge in [0.1, 0.15) is 6.04 Å². The molecule has 0 saturated carbocycles. The van der Waals surface area contributed by atoms with Crippen LogP contribution in [0, 0.1) is 0 Å². The lowest BCUT2D eigenvalue weighted by atomic mass is 10.1. The number of hydrogen-bond acceptors (Lipinski definition) is 7. The van der Waals surface area contributed by atoms with E-state index in [1.165, 1.54) is 0 Å². The van der Waals surface area contributed by atoms with Crippen molar-refractivity contribution in [3.05, 3.63) is 17.7 Å². The number of H-pyrrole nitrogens is 1. The predicted octanol–water partition coefficient (Wildman–Crippen LogP) is -1.62. The fourth-order valence-corrected chi connectivity index (χ4v) is 3.19. The number of imidazole rings is 1. The highest BCUT2D eigenvalue weighted by molar-refractivity contribution is 7.99. The van der Waals surface area contributed by atoms with Crippen molar-refractivity contribution in [2.75, 3.05) is 25.4 Å². The molecule has 0 aliphatic carbocycles. The normalized spacial score (nSPS) is 25.4. The van der Waals surface area contributed by atoms with Crippen LogP contribution in [0.4, 0.5) is 0 Å². The Balaban J connectivity index is 1.43. The van der Waals surface area contributed by atoms with Gasteiger partial charge in [0, 0.05) is 37.5 Å². The van der Waals surface area contributed by atoms with Crippen molar-refractivity contribution in [1.29, 1.82) is 0 Å². The van der Waals surface area contributed by atoms with Gasteiger partial charge in [-0.3, -0.25) is 4.79 Å². The maximum absolute atomic E-state index is 12.2. The second-order valence-electron chi connectivity index (χ2n) is 4.70. The van der Waals surface area contributed by atoms with E-state index in [9.17, 15) is 4.79 Å².